The Morgan fingerprint density at radius 2 is 1.00 bits per heavy atom. The van der Waals surface area contributed by atoms with E-state index in [1.165, 1.54) is 24.3 Å². The molecule has 0 amide bonds. The highest BCUT2D eigenvalue weighted by molar-refractivity contribution is 6.16. The number of hydrogen-bond acceptors (Lipinski definition) is 9. The third-order valence-electron chi connectivity index (χ3n) is 8.06. The first-order chi connectivity index (χ1) is 25.0. The molecule has 4 rings (SSSR count). The molecule has 52 heavy (non-hydrogen) atoms. The standard InChI is InChI=1S/C22H25NO4.C18H19NO4.C2H4/c1-4-7-14-27-22(26)18-11-9-8-10-17(18)21(25)19-13-12-16(15-20(19)24)23(5-2)6-3;1-3-19(4-2)12-9-10-15(16(20)11-12)17(21)13-7-5-6-8-14(13)18(22)23;1-2/h4,8-13,15,24H,1,5-7,14H2,2-3H3;5-11,20H,3-4H2,1-2H3,(H,22,23);1-2H2. The van der Waals surface area contributed by atoms with E-state index in [9.17, 15) is 34.5 Å². The molecule has 4 aromatic carbocycles. The highest BCUT2D eigenvalue weighted by atomic mass is 16.5. The molecule has 0 atom stereocenters. The zero-order valence-electron chi connectivity index (χ0n) is 30.3. The topological polar surface area (TPSA) is 145 Å². The van der Waals surface area contributed by atoms with E-state index in [1.807, 2.05) is 32.6 Å². The summed E-state index contributed by atoms with van der Waals surface area (Å²) >= 11 is 0. The molecule has 0 unspecified atom stereocenters. The molecule has 10 heteroatoms. The molecule has 0 heterocycles. The monoisotopic (exact) mass is 708 g/mol. The van der Waals surface area contributed by atoms with Gasteiger partial charge in [0, 0.05) is 60.8 Å². The van der Waals surface area contributed by atoms with Crippen molar-refractivity contribution in [3.8, 4) is 11.5 Å². The maximum atomic E-state index is 12.9. The summed E-state index contributed by atoms with van der Waals surface area (Å²) in [7, 11) is 0. The number of anilines is 2. The van der Waals surface area contributed by atoms with Gasteiger partial charge < -0.3 is 29.9 Å². The van der Waals surface area contributed by atoms with Gasteiger partial charge in [-0.2, -0.15) is 0 Å². The molecule has 4 aromatic rings. The summed E-state index contributed by atoms with van der Waals surface area (Å²) < 4.78 is 5.17. The number of hydrogen-bond donors (Lipinski definition) is 3. The maximum Gasteiger partial charge on any atom is 0.338 e. The lowest BCUT2D eigenvalue weighted by molar-refractivity contribution is 0.0508. The minimum absolute atomic E-state index is 0.0610. The number of carboxylic acids is 1. The van der Waals surface area contributed by atoms with Crippen molar-refractivity contribution in [3.63, 3.8) is 0 Å². The molecule has 3 N–H and O–H groups in total. The first-order valence-electron chi connectivity index (χ1n) is 17.0. The molecule has 0 bridgehead atoms. The van der Waals surface area contributed by atoms with Crippen molar-refractivity contribution < 1.29 is 39.2 Å². The summed E-state index contributed by atoms with van der Waals surface area (Å²) in [5.41, 5.74) is 2.26. The Bertz CT molecular complexity index is 1840. The highest BCUT2D eigenvalue weighted by Gasteiger charge is 2.22. The Morgan fingerprint density at radius 3 is 1.37 bits per heavy atom. The molecule has 0 aliphatic rings. The Kier molecular flexibility index (Phi) is 17.1. The van der Waals surface area contributed by atoms with E-state index in [0.717, 1.165) is 37.6 Å². The van der Waals surface area contributed by atoms with Crippen LogP contribution >= 0.6 is 0 Å². The third-order valence-corrected chi connectivity index (χ3v) is 8.06. The van der Waals surface area contributed by atoms with E-state index in [1.54, 1.807) is 66.7 Å². The van der Waals surface area contributed by atoms with E-state index < -0.39 is 23.5 Å². The van der Waals surface area contributed by atoms with Gasteiger partial charge in [0.1, 0.15) is 11.5 Å². The fourth-order valence-electron chi connectivity index (χ4n) is 5.32. The van der Waals surface area contributed by atoms with Crippen LogP contribution in [0, 0.1) is 0 Å². The van der Waals surface area contributed by atoms with Crippen molar-refractivity contribution in [2.45, 2.75) is 34.1 Å². The summed E-state index contributed by atoms with van der Waals surface area (Å²) in [6, 6.07) is 22.2. The molecule has 0 radical (unpaired) electrons. The second-order valence-corrected chi connectivity index (χ2v) is 11.0. The predicted molar refractivity (Wildman–Crippen MR) is 206 cm³/mol. The molecule has 10 nitrogen and oxygen atoms in total. The van der Waals surface area contributed by atoms with E-state index in [-0.39, 0.29) is 51.5 Å². The number of ether oxygens (including phenoxy) is 1. The van der Waals surface area contributed by atoms with Crippen LogP contribution in [0.5, 0.6) is 11.5 Å². The average molecular weight is 709 g/mol. The molecule has 0 fully saturated rings. The van der Waals surface area contributed by atoms with E-state index in [2.05, 4.69) is 24.6 Å². The number of benzene rings is 4. The number of ketones is 2. The minimum atomic E-state index is -1.17. The van der Waals surface area contributed by atoms with Crippen LogP contribution in [-0.2, 0) is 4.74 Å². The summed E-state index contributed by atoms with van der Waals surface area (Å²) in [5.74, 6) is -2.94. The predicted octanol–water partition coefficient (Wildman–Crippen LogP) is 8.17. The van der Waals surface area contributed by atoms with Crippen LogP contribution in [0.4, 0.5) is 11.4 Å². The summed E-state index contributed by atoms with van der Waals surface area (Å²) in [4.78, 5) is 53.2. The Balaban J connectivity index is 0.000000348. The number of rotatable bonds is 15. The van der Waals surface area contributed by atoms with Gasteiger partial charge in [-0.25, -0.2) is 9.59 Å². The van der Waals surface area contributed by atoms with Crippen LogP contribution in [0.1, 0.15) is 86.7 Å². The zero-order valence-corrected chi connectivity index (χ0v) is 30.3. The third kappa shape index (κ3) is 10.7. The Hall–Kier alpha value is -6.16. The van der Waals surface area contributed by atoms with E-state index in [4.69, 9.17) is 4.74 Å². The van der Waals surface area contributed by atoms with Crippen LogP contribution in [0.3, 0.4) is 0 Å². The molecule has 0 spiro atoms. The molecular formula is C42H48N2O8. The van der Waals surface area contributed by atoms with Crippen molar-refractivity contribution in [1.29, 1.82) is 0 Å². The largest absolute Gasteiger partial charge is 0.507 e. The second kappa shape index (κ2) is 21.1. The first kappa shape index (κ1) is 42.0. The quantitative estimate of drug-likeness (QED) is 0.0479. The van der Waals surface area contributed by atoms with Gasteiger partial charge in [-0.3, -0.25) is 9.59 Å². The van der Waals surface area contributed by atoms with Gasteiger partial charge in [0.2, 0.25) is 0 Å². The van der Waals surface area contributed by atoms with Crippen molar-refractivity contribution in [3.05, 3.63) is 144 Å². The Morgan fingerprint density at radius 1 is 0.615 bits per heavy atom. The number of carbonyl (C=O) groups is 4. The van der Waals surface area contributed by atoms with Crippen molar-refractivity contribution in [2.24, 2.45) is 0 Å². The summed E-state index contributed by atoms with van der Waals surface area (Å²) in [5, 5.41) is 29.8. The lowest BCUT2D eigenvalue weighted by atomic mass is 9.97. The fraction of sp³-hybridized carbons (Fsp3) is 0.238. The molecular weight excluding hydrogens is 660 g/mol. The van der Waals surface area contributed by atoms with Gasteiger partial charge in [0.25, 0.3) is 0 Å². The number of carbonyl (C=O) groups excluding carboxylic acids is 3. The smallest absolute Gasteiger partial charge is 0.338 e. The number of aromatic carboxylic acids is 1. The summed E-state index contributed by atoms with van der Waals surface area (Å²) in [6.07, 6.45) is 2.19. The van der Waals surface area contributed by atoms with Crippen molar-refractivity contribution >= 4 is 34.9 Å². The first-order valence-corrected chi connectivity index (χ1v) is 17.0. The number of nitrogens with zero attached hydrogens (tertiary/aromatic N) is 2. The van der Waals surface area contributed by atoms with Crippen molar-refractivity contribution in [2.75, 3.05) is 42.6 Å². The molecule has 0 aliphatic carbocycles. The van der Waals surface area contributed by atoms with Crippen LogP contribution in [-0.4, -0.2) is 71.6 Å². The molecule has 0 aromatic heterocycles. The van der Waals surface area contributed by atoms with Gasteiger partial charge in [0.15, 0.2) is 11.6 Å². The van der Waals surface area contributed by atoms with Crippen molar-refractivity contribution in [1.82, 2.24) is 0 Å². The van der Waals surface area contributed by atoms with Gasteiger partial charge in [-0.05, 0) is 70.5 Å². The number of esters is 1. The zero-order chi connectivity index (χ0) is 38.8. The van der Waals surface area contributed by atoms with Gasteiger partial charge in [-0.1, -0.05) is 42.5 Å². The number of phenolic OH excluding ortho intramolecular Hbond substituents is 2. The number of carboxylic acid groups (broad SMARTS) is 1. The lowest BCUT2D eigenvalue weighted by Crippen LogP contribution is -2.21. The highest BCUT2D eigenvalue weighted by Crippen LogP contribution is 2.29. The van der Waals surface area contributed by atoms with Crippen LogP contribution in [0.25, 0.3) is 0 Å². The summed E-state index contributed by atoms with van der Waals surface area (Å²) in [6.45, 7) is 21.0. The second-order valence-electron chi connectivity index (χ2n) is 11.0. The molecule has 0 aliphatic heterocycles. The lowest BCUT2D eigenvalue weighted by Gasteiger charge is -2.21. The number of phenols is 2. The van der Waals surface area contributed by atoms with Gasteiger partial charge in [-0.15, -0.1) is 19.7 Å². The van der Waals surface area contributed by atoms with Gasteiger partial charge >= 0.3 is 11.9 Å². The van der Waals surface area contributed by atoms with E-state index in [0.29, 0.717) is 6.42 Å². The average Bonchev–Trinajstić information content (AvgIpc) is 3.16. The van der Waals surface area contributed by atoms with Crippen LogP contribution < -0.4 is 9.80 Å². The van der Waals surface area contributed by atoms with Crippen LogP contribution in [0.15, 0.2) is 111 Å². The maximum absolute atomic E-state index is 12.9. The van der Waals surface area contributed by atoms with Crippen LogP contribution in [0.2, 0.25) is 0 Å². The molecule has 0 saturated heterocycles. The SMILES string of the molecule is C=C.C=CCCOC(=O)c1ccccc1C(=O)c1ccc(N(CC)CC)cc1O.CCN(CC)c1ccc(C(=O)c2ccccc2C(=O)O)c(O)c1. The number of aromatic hydroxyl groups is 2. The van der Waals surface area contributed by atoms with E-state index >= 15 is 0 Å². The normalized spacial score (nSPS) is 10.0. The fourth-order valence-corrected chi connectivity index (χ4v) is 5.32. The van der Waals surface area contributed by atoms with Gasteiger partial charge in [0.05, 0.1) is 28.9 Å². The minimum Gasteiger partial charge on any atom is -0.507 e. The molecule has 274 valence electrons. The Labute approximate surface area is 305 Å². The molecule has 0 saturated carbocycles.